The van der Waals surface area contributed by atoms with Gasteiger partial charge < -0.3 is 9.47 Å². The molecule has 0 aromatic carbocycles. The van der Waals surface area contributed by atoms with E-state index in [0.717, 1.165) is 0 Å². The van der Waals surface area contributed by atoms with Crippen molar-refractivity contribution in [2.45, 2.75) is 6.92 Å². The summed E-state index contributed by atoms with van der Waals surface area (Å²) in [5.74, 6) is 0.941. The molecule has 70 valence electrons. The molecule has 4 nitrogen and oxygen atoms in total. The second-order valence-corrected chi connectivity index (χ2v) is 2.48. The third-order valence-corrected chi connectivity index (χ3v) is 1.63. The molecule has 0 unspecified atom stereocenters. The number of rotatable bonds is 3. The molecular formula is C9H11NO3. The summed E-state index contributed by atoms with van der Waals surface area (Å²) in [6, 6.07) is 1.56. The van der Waals surface area contributed by atoms with Crippen molar-refractivity contribution in [3.8, 4) is 11.5 Å². The van der Waals surface area contributed by atoms with Crippen molar-refractivity contribution in [1.82, 2.24) is 4.98 Å². The highest BCUT2D eigenvalue weighted by Gasteiger charge is 2.07. The van der Waals surface area contributed by atoms with E-state index < -0.39 is 0 Å². The summed E-state index contributed by atoms with van der Waals surface area (Å²) in [5, 5.41) is 0. The standard InChI is InChI=1S/C9H11NO3/c1-6(11)7-4-8(12-2)9(13-3)5-10-7/h4-5H,1-3H3. The normalized spacial score (nSPS) is 9.46. The number of carbonyl (C=O) groups is 1. The van der Waals surface area contributed by atoms with Crippen LogP contribution in [0.2, 0.25) is 0 Å². The van der Waals surface area contributed by atoms with E-state index in [4.69, 9.17) is 9.47 Å². The number of hydrogen-bond acceptors (Lipinski definition) is 4. The zero-order valence-corrected chi connectivity index (χ0v) is 7.83. The van der Waals surface area contributed by atoms with Crippen LogP contribution < -0.4 is 9.47 Å². The fraction of sp³-hybridized carbons (Fsp3) is 0.333. The van der Waals surface area contributed by atoms with E-state index in [1.165, 1.54) is 27.3 Å². The molecule has 0 fully saturated rings. The Morgan fingerprint density at radius 3 is 2.38 bits per heavy atom. The Morgan fingerprint density at radius 1 is 1.31 bits per heavy atom. The van der Waals surface area contributed by atoms with Crippen LogP contribution in [0, 0.1) is 0 Å². The average Bonchev–Trinajstić information content (AvgIpc) is 2.16. The molecule has 1 heterocycles. The number of nitrogens with zero attached hydrogens (tertiary/aromatic N) is 1. The molecule has 0 aliphatic carbocycles. The molecule has 1 rings (SSSR count). The van der Waals surface area contributed by atoms with Crippen molar-refractivity contribution >= 4 is 5.78 Å². The summed E-state index contributed by atoms with van der Waals surface area (Å²) >= 11 is 0. The summed E-state index contributed by atoms with van der Waals surface area (Å²) in [6.45, 7) is 1.45. The van der Waals surface area contributed by atoms with Crippen LogP contribution >= 0.6 is 0 Å². The minimum absolute atomic E-state index is 0.0963. The van der Waals surface area contributed by atoms with Gasteiger partial charge in [0.15, 0.2) is 17.3 Å². The van der Waals surface area contributed by atoms with Crippen LogP contribution in [-0.2, 0) is 0 Å². The molecule has 0 N–H and O–H groups in total. The highest BCUT2D eigenvalue weighted by atomic mass is 16.5. The van der Waals surface area contributed by atoms with E-state index in [1.54, 1.807) is 6.07 Å². The topological polar surface area (TPSA) is 48.4 Å². The summed E-state index contributed by atoms with van der Waals surface area (Å²) in [6.07, 6.45) is 1.47. The van der Waals surface area contributed by atoms with Crippen LogP contribution in [0.3, 0.4) is 0 Å². The van der Waals surface area contributed by atoms with Crippen LogP contribution in [0.4, 0.5) is 0 Å². The molecular weight excluding hydrogens is 170 g/mol. The van der Waals surface area contributed by atoms with Gasteiger partial charge in [-0.05, 0) is 0 Å². The Hall–Kier alpha value is -1.58. The van der Waals surface area contributed by atoms with E-state index in [1.807, 2.05) is 0 Å². The molecule has 4 heteroatoms. The molecule has 0 aliphatic heterocycles. The van der Waals surface area contributed by atoms with Crippen LogP contribution in [0.5, 0.6) is 11.5 Å². The Morgan fingerprint density at radius 2 is 1.92 bits per heavy atom. The molecule has 0 bridgehead atoms. The fourth-order valence-corrected chi connectivity index (χ4v) is 0.930. The van der Waals surface area contributed by atoms with Gasteiger partial charge in [-0.15, -0.1) is 0 Å². The van der Waals surface area contributed by atoms with Gasteiger partial charge in [0.2, 0.25) is 0 Å². The van der Waals surface area contributed by atoms with Crippen LogP contribution in [0.15, 0.2) is 12.3 Å². The van der Waals surface area contributed by atoms with Gasteiger partial charge in [0.1, 0.15) is 5.69 Å². The van der Waals surface area contributed by atoms with Crippen LogP contribution in [-0.4, -0.2) is 25.0 Å². The van der Waals surface area contributed by atoms with Gasteiger partial charge in [-0.2, -0.15) is 0 Å². The number of carbonyl (C=O) groups excluding carboxylic acids is 1. The highest BCUT2D eigenvalue weighted by Crippen LogP contribution is 2.25. The first kappa shape index (κ1) is 9.51. The van der Waals surface area contributed by atoms with Crippen molar-refractivity contribution in [1.29, 1.82) is 0 Å². The number of methoxy groups -OCH3 is 2. The third-order valence-electron chi connectivity index (χ3n) is 1.63. The van der Waals surface area contributed by atoms with E-state index in [2.05, 4.69) is 4.98 Å². The molecule has 0 saturated carbocycles. The van der Waals surface area contributed by atoms with Gasteiger partial charge in [-0.3, -0.25) is 4.79 Å². The summed E-state index contributed by atoms with van der Waals surface area (Å²) in [5.41, 5.74) is 0.373. The van der Waals surface area contributed by atoms with E-state index in [9.17, 15) is 4.79 Å². The van der Waals surface area contributed by atoms with Gasteiger partial charge in [0, 0.05) is 13.0 Å². The lowest BCUT2D eigenvalue weighted by molar-refractivity contribution is 0.101. The minimum atomic E-state index is -0.0963. The smallest absolute Gasteiger partial charge is 0.179 e. The largest absolute Gasteiger partial charge is 0.493 e. The molecule has 1 aromatic rings. The van der Waals surface area contributed by atoms with Gasteiger partial charge in [0.05, 0.1) is 20.4 Å². The van der Waals surface area contributed by atoms with Crippen molar-refractivity contribution in [2.75, 3.05) is 14.2 Å². The summed E-state index contributed by atoms with van der Waals surface area (Å²) < 4.78 is 9.98. The molecule has 0 spiro atoms. The maximum atomic E-state index is 11.0. The van der Waals surface area contributed by atoms with Crippen LogP contribution in [0.25, 0.3) is 0 Å². The highest BCUT2D eigenvalue weighted by molar-refractivity contribution is 5.92. The van der Waals surface area contributed by atoms with Gasteiger partial charge >= 0.3 is 0 Å². The van der Waals surface area contributed by atoms with Crippen molar-refractivity contribution < 1.29 is 14.3 Å². The number of aromatic nitrogens is 1. The second-order valence-electron chi connectivity index (χ2n) is 2.48. The third kappa shape index (κ3) is 1.96. The maximum absolute atomic E-state index is 11.0. The first-order valence-electron chi connectivity index (χ1n) is 3.78. The Kier molecular flexibility index (Phi) is 2.84. The predicted octanol–water partition coefficient (Wildman–Crippen LogP) is 1.30. The van der Waals surface area contributed by atoms with Gasteiger partial charge in [-0.1, -0.05) is 0 Å². The number of pyridine rings is 1. The fourth-order valence-electron chi connectivity index (χ4n) is 0.930. The lowest BCUT2D eigenvalue weighted by atomic mass is 10.2. The number of ether oxygens (including phenoxy) is 2. The molecule has 0 aliphatic rings. The Bertz CT molecular complexity index is 323. The van der Waals surface area contributed by atoms with Crippen molar-refractivity contribution in [2.24, 2.45) is 0 Å². The van der Waals surface area contributed by atoms with Crippen LogP contribution in [0.1, 0.15) is 17.4 Å². The zero-order valence-electron chi connectivity index (χ0n) is 7.83. The van der Waals surface area contributed by atoms with E-state index in [-0.39, 0.29) is 5.78 Å². The van der Waals surface area contributed by atoms with Crippen molar-refractivity contribution in [3.63, 3.8) is 0 Å². The zero-order chi connectivity index (χ0) is 9.84. The van der Waals surface area contributed by atoms with E-state index in [0.29, 0.717) is 17.2 Å². The molecule has 0 atom stereocenters. The molecule has 13 heavy (non-hydrogen) atoms. The predicted molar refractivity (Wildman–Crippen MR) is 47.3 cm³/mol. The Labute approximate surface area is 76.5 Å². The SMILES string of the molecule is COc1cnc(C(C)=O)cc1OC. The number of Topliss-reactive ketones (excluding diaryl/α,β-unsaturated/α-hetero) is 1. The molecule has 0 radical (unpaired) electrons. The lowest BCUT2D eigenvalue weighted by Crippen LogP contribution is -1.99. The maximum Gasteiger partial charge on any atom is 0.179 e. The summed E-state index contributed by atoms with van der Waals surface area (Å²) in [7, 11) is 3.04. The average molecular weight is 181 g/mol. The quantitative estimate of drug-likeness (QED) is 0.659. The molecule has 0 amide bonds. The Balaban J connectivity index is 3.13. The number of hydrogen-bond donors (Lipinski definition) is 0. The second kappa shape index (κ2) is 3.89. The van der Waals surface area contributed by atoms with Crippen molar-refractivity contribution in [3.05, 3.63) is 18.0 Å². The molecule has 0 saturated heterocycles. The first-order chi connectivity index (χ1) is 6.19. The monoisotopic (exact) mass is 181 g/mol. The van der Waals surface area contributed by atoms with E-state index >= 15 is 0 Å². The molecule has 1 aromatic heterocycles. The van der Waals surface area contributed by atoms with Gasteiger partial charge in [0.25, 0.3) is 0 Å². The van der Waals surface area contributed by atoms with Gasteiger partial charge in [-0.25, -0.2) is 4.98 Å². The summed E-state index contributed by atoms with van der Waals surface area (Å²) in [4.78, 5) is 14.9. The first-order valence-corrected chi connectivity index (χ1v) is 3.78. The number of ketones is 1. The minimum Gasteiger partial charge on any atom is -0.493 e. The lowest BCUT2D eigenvalue weighted by Gasteiger charge is -2.06.